The fourth-order valence-electron chi connectivity index (χ4n) is 1.97. The smallest absolute Gasteiger partial charge is 0.202 e. The summed E-state index contributed by atoms with van der Waals surface area (Å²) >= 11 is 18.0. The minimum Gasteiger partial charge on any atom is -0.452 e. The lowest BCUT2D eigenvalue weighted by Gasteiger charge is -2.05. The number of nitrogen functional groups attached to an aromatic ring is 1. The van der Waals surface area contributed by atoms with Crippen molar-refractivity contribution < 1.29 is 4.42 Å². The molecule has 0 aliphatic heterocycles. The van der Waals surface area contributed by atoms with Crippen LogP contribution in [0.1, 0.15) is 0 Å². The van der Waals surface area contributed by atoms with E-state index in [4.69, 9.17) is 45.0 Å². The third kappa shape index (κ3) is 2.16. The Morgan fingerprint density at radius 1 is 1.10 bits per heavy atom. The van der Waals surface area contributed by atoms with Gasteiger partial charge in [0.1, 0.15) is 0 Å². The van der Waals surface area contributed by atoms with Crippen LogP contribution in [0.4, 0.5) is 5.82 Å². The molecule has 7 heteroatoms. The highest BCUT2D eigenvalue weighted by atomic mass is 35.5. The highest BCUT2D eigenvalue weighted by molar-refractivity contribution is 6.42. The SMILES string of the molecule is Nc1n[nH]c(-c2ccoc2Cl)c1-c1ccc(Cl)c(Cl)c1. The van der Waals surface area contributed by atoms with Crippen LogP contribution in [0.2, 0.25) is 15.3 Å². The predicted molar refractivity (Wildman–Crippen MR) is 81.2 cm³/mol. The first-order valence-electron chi connectivity index (χ1n) is 5.60. The molecule has 2 aromatic heterocycles. The summed E-state index contributed by atoms with van der Waals surface area (Å²) in [4.78, 5) is 0. The van der Waals surface area contributed by atoms with Crippen LogP contribution < -0.4 is 5.73 Å². The molecule has 0 aliphatic rings. The van der Waals surface area contributed by atoms with E-state index in [0.29, 0.717) is 32.7 Å². The van der Waals surface area contributed by atoms with Crippen LogP contribution in [0.25, 0.3) is 22.4 Å². The van der Waals surface area contributed by atoms with Crippen molar-refractivity contribution in [3.05, 3.63) is 45.8 Å². The van der Waals surface area contributed by atoms with Crippen molar-refractivity contribution >= 4 is 40.6 Å². The molecule has 0 fully saturated rings. The van der Waals surface area contributed by atoms with E-state index in [1.165, 1.54) is 6.26 Å². The zero-order valence-electron chi connectivity index (χ0n) is 9.95. The molecular weight excluding hydrogens is 321 g/mol. The highest BCUT2D eigenvalue weighted by Gasteiger charge is 2.19. The van der Waals surface area contributed by atoms with Crippen molar-refractivity contribution in [2.24, 2.45) is 0 Å². The predicted octanol–water partition coefficient (Wildman–Crippen LogP) is 4.88. The van der Waals surface area contributed by atoms with Gasteiger partial charge in [-0.25, -0.2) is 0 Å². The van der Waals surface area contributed by atoms with Gasteiger partial charge in [0.05, 0.1) is 33.1 Å². The minimum atomic E-state index is 0.259. The van der Waals surface area contributed by atoms with Gasteiger partial charge in [0.15, 0.2) is 5.82 Å². The molecule has 2 heterocycles. The van der Waals surface area contributed by atoms with E-state index in [0.717, 1.165) is 5.56 Å². The summed E-state index contributed by atoms with van der Waals surface area (Å²) in [6.45, 7) is 0. The molecule has 1 aromatic carbocycles. The highest BCUT2D eigenvalue weighted by Crippen LogP contribution is 2.39. The molecule has 3 rings (SSSR count). The lowest BCUT2D eigenvalue weighted by Crippen LogP contribution is -1.89. The van der Waals surface area contributed by atoms with Gasteiger partial charge in [0.2, 0.25) is 5.22 Å². The van der Waals surface area contributed by atoms with E-state index >= 15 is 0 Å². The van der Waals surface area contributed by atoms with E-state index < -0.39 is 0 Å². The van der Waals surface area contributed by atoms with Crippen molar-refractivity contribution in [2.45, 2.75) is 0 Å². The number of aromatic nitrogens is 2. The summed E-state index contributed by atoms with van der Waals surface area (Å²) in [5.74, 6) is 0.343. The number of H-pyrrole nitrogens is 1. The average molecular weight is 329 g/mol. The quantitative estimate of drug-likeness (QED) is 0.704. The zero-order valence-corrected chi connectivity index (χ0v) is 12.2. The lowest BCUT2D eigenvalue weighted by molar-refractivity contribution is 0.570. The van der Waals surface area contributed by atoms with E-state index in [1.54, 1.807) is 18.2 Å². The maximum atomic E-state index is 6.04. The summed E-state index contributed by atoms with van der Waals surface area (Å²) in [6.07, 6.45) is 1.49. The van der Waals surface area contributed by atoms with Crippen LogP contribution >= 0.6 is 34.8 Å². The number of nitrogens with two attached hydrogens (primary N) is 1. The summed E-state index contributed by atoms with van der Waals surface area (Å²) in [7, 11) is 0. The maximum absolute atomic E-state index is 6.04. The van der Waals surface area contributed by atoms with Gasteiger partial charge < -0.3 is 10.2 Å². The first-order chi connectivity index (χ1) is 9.58. The zero-order chi connectivity index (χ0) is 14.3. The third-order valence-electron chi connectivity index (χ3n) is 2.89. The minimum absolute atomic E-state index is 0.259. The molecule has 0 radical (unpaired) electrons. The van der Waals surface area contributed by atoms with Gasteiger partial charge in [-0.1, -0.05) is 29.3 Å². The van der Waals surface area contributed by atoms with E-state index in [-0.39, 0.29) is 5.22 Å². The molecule has 0 unspecified atom stereocenters. The number of furan rings is 1. The van der Waals surface area contributed by atoms with Crippen molar-refractivity contribution in [3.8, 4) is 22.4 Å². The monoisotopic (exact) mass is 327 g/mol. The van der Waals surface area contributed by atoms with Crippen molar-refractivity contribution in [1.82, 2.24) is 10.2 Å². The standard InChI is InChI=1S/C13H8Cl3N3O/c14-8-2-1-6(5-9(8)15)10-11(18-19-13(10)17)7-3-4-20-12(7)16/h1-5H,(H3,17,18,19). The molecule has 20 heavy (non-hydrogen) atoms. The molecule has 3 N–H and O–H groups in total. The van der Waals surface area contributed by atoms with Crippen LogP contribution in [0, 0.1) is 0 Å². The lowest BCUT2D eigenvalue weighted by atomic mass is 10.0. The van der Waals surface area contributed by atoms with Crippen molar-refractivity contribution in [1.29, 1.82) is 0 Å². The Balaban J connectivity index is 2.21. The molecule has 3 aromatic rings. The molecular formula is C13H8Cl3N3O. The van der Waals surface area contributed by atoms with Gasteiger partial charge in [-0.2, -0.15) is 5.10 Å². The Bertz CT molecular complexity index is 779. The van der Waals surface area contributed by atoms with Crippen molar-refractivity contribution in [3.63, 3.8) is 0 Å². The van der Waals surface area contributed by atoms with Gasteiger partial charge in [-0.15, -0.1) is 0 Å². The van der Waals surface area contributed by atoms with E-state index in [2.05, 4.69) is 10.2 Å². The molecule has 4 nitrogen and oxygen atoms in total. The normalized spacial score (nSPS) is 10.9. The molecule has 0 atom stereocenters. The second-order valence-corrected chi connectivity index (χ2v) is 5.25. The van der Waals surface area contributed by atoms with Crippen LogP contribution in [0.3, 0.4) is 0 Å². The number of halogens is 3. The number of nitrogens with one attached hydrogen (secondary N) is 1. The fourth-order valence-corrected chi connectivity index (χ4v) is 2.47. The van der Waals surface area contributed by atoms with E-state index in [1.807, 2.05) is 6.07 Å². The number of benzene rings is 1. The molecule has 0 saturated carbocycles. The largest absolute Gasteiger partial charge is 0.452 e. The maximum Gasteiger partial charge on any atom is 0.202 e. The van der Waals surface area contributed by atoms with Gasteiger partial charge in [-0.3, -0.25) is 5.10 Å². The van der Waals surface area contributed by atoms with Gasteiger partial charge >= 0.3 is 0 Å². The van der Waals surface area contributed by atoms with Gasteiger partial charge in [-0.05, 0) is 35.4 Å². The number of rotatable bonds is 2. The number of hydrogen-bond acceptors (Lipinski definition) is 3. The number of aromatic amines is 1. The topological polar surface area (TPSA) is 67.8 Å². The summed E-state index contributed by atoms with van der Waals surface area (Å²) < 4.78 is 5.09. The van der Waals surface area contributed by atoms with Crippen LogP contribution in [0.15, 0.2) is 34.9 Å². The summed E-state index contributed by atoms with van der Waals surface area (Å²) in [5.41, 5.74) is 8.76. The average Bonchev–Trinajstić information content (AvgIpc) is 2.99. The first-order valence-corrected chi connectivity index (χ1v) is 6.74. The fraction of sp³-hybridized carbons (Fsp3) is 0. The Hall–Kier alpha value is -1.62. The molecule has 0 spiro atoms. The van der Waals surface area contributed by atoms with Crippen LogP contribution in [-0.2, 0) is 0 Å². The van der Waals surface area contributed by atoms with Gasteiger partial charge in [0, 0.05) is 0 Å². The summed E-state index contributed by atoms with van der Waals surface area (Å²) in [5, 5.41) is 8.04. The van der Waals surface area contributed by atoms with Crippen LogP contribution in [-0.4, -0.2) is 10.2 Å². The molecule has 0 aliphatic carbocycles. The Labute approximate surface area is 129 Å². The van der Waals surface area contributed by atoms with E-state index in [9.17, 15) is 0 Å². The molecule has 0 bridgehead atoms. The molecule has 0 amide bonds. The van der Waals surface area contributed by atoms with Gasteiger partial charge in [0.25, 0.3) is 0 Å². The second-order valence-electron chi connectivity index (χ2n) is 4.10. The number of anilines is 1. The Kier molecular flexibility index (Phi) is 3.38. The third-order valence-corrected chi connectivity index (χ3v) is 3.92. The number of hydrogen-bond donors (Lipinski definition) is 2. The van der Waals surface area contributed by atoms with Crippen molar-refractivity contribution in [2.75, 3.05) is 5.73 Å². The second kappa shape index (κ2) is 5.05. The molecule has 102 valence electrons. The van der Waals surface area contributed by atoms with Crippen LogP contribution in [0.5, 0.6) is 0 Å². The first kappa shape index (κ1) is 13.4. The Morgan fingerprint density at radius 3 is 2.55 bits per heavy atom. The summed E-state index contributed by atoms with van der Waals surface area (Å²) in [6, 6.07) is 6.97. The molecule has 0 saturated heterocycles. The Morgan fingerprint density at radius 2 is 1.90 bits per heavy atom. The number of nitrogens with zero attached hydrogens (tertiary/aromatic N) is 1.